The molecular weight excluding hydrogens is 800 g/mol. The van der Waals surface area contributed by atoms with Crippen molar-refractivity contribution in [3.8, 4) is 11.1 Å². The largest absolute Gasteiger partial charge is 0.508 e. The van der Waals surface area contributed by atoms with E-state index in [1.807, 2.05) is 140 Å². The summed E-state index contributed by atoms with van der Waals surface area (Å²) >= 11 is 0. The van der Waals surface area contributed by atoms with Crippen molar-refractivity contribution in [2.24, 2.45) is 4.99 Å². The quantitative estimate of drug-likeness (QED) is 0.0573. The van der Waals surface area contributed by atoms with Gasteiger partial charge in [0, 0.05) is 5.92 Å². The number of hydrogen-bond acceptors (Lipinski definition) is 9. The summed E-state index contributed by atoms with van der Waals surface area (Å²) in [5, 5.41) is 0. The summed E-state index contributed by atoms with van der Waals surface area (Å²) < 4.78 is 87.9. The van der Waals surface area contributed by atoms with Gasteiger partial charge in [0.1, 0.15) is 24.9 Å². The van der Waals surface area contributed by atoms with E-state index in [-0.39, 0.29) is 44.6 Å². The molecule has 318 valence electrons. The second-order valence-corrected chi connectivity index (χ2v) is 14.8. The van der Waals surface area contributed by atoms with Gasteiger partial charge in [-0.05, 0) is 51.1 Å². The van der Waals surface area contributed by atoms with E-state index in [1.54, 1.807) is 18.2 Å². The number of fused-ring (bicyclic) bond motifs is 3. The molecule has 1 aliphatic carbocycles. The number of aliphatic imine (C=N–C) groups is 1. The topological polar surface area (TPSA) is 94.0 Å². The standard InChI is InChI=1S/C50H44F3NO8/c51-50(52,53)48(54-37-23-11-4-12-24-37)62-47-46(61-49(55)59-32-42-40-27-15-13-25-38(40)39-26-14-16-28-41(39)42)45(58-31-36-21-9-3-10-22-36)44(57-30-35-19-7-2-8-20-35)43(60-47)33-56-29-34-17-5-1-6-18-34/h1-28,42-47H,29-33H2/t43-,44-,45+,46+,47-/m1/s1. The molecule has 9 nitrogen and oxygen atoms in total. The van der Waals surface area contributed by atoms with E-state index >= 15 is 0 Å². The van der Waals surface area contributed by atoms with Gasteiger partial charge < -0.3 is 33.2 Å². The van der Waals surface area contributed by atoms with Crippen LogP contribution in [0.25, 0.3) is 11.1 Å². The van der Waals surface area contributed by atoms with E-state index < -0.39 is 48.9 Å². The number of nitrogens with zero attached hydrogens (tertiary/aromatic N) is 1. The summed E-state index contributed by atoms with van der Waals surface area (Å²) in [7, 11) is 0. The second kappa shape index (κ2) is 20.0. The molecule has 62 heavy (non-hydrogen) atoms. The number of para-hydroxylation sites is 1. The van der Waals surface area contributed by atoms with E-state index in [0.717, 1.165) is 38.9 Å². The molecule has 0 N–H and O–H groups in total. The van der Waals surface area contributed by atoms with Gasteiger partial charge in [-0.25, -0.2) is 9.79 Å². The maximum Gasteiger partial charge on any atom is 0.508 e. The monoisotopic (exact) mass is 843 g/mol. The van der Waals surface area contributed by atoms with Crippen LogP contribution < -0.4 is 0 Å². The normalized spacial score (nSPS) is 19.9. The van der Waals surface area contributed by atoms with Crippen LogP contribution >= 0.6 is 0 Å². The van der Waals surface area contributed by atoms with Crippen LogP contribution in [0.3, 0.4) is 0 Å². The first-order valence-electron chi connectivity index (χ1n) is 20.3. The molecule has 0 radical (unpaired) electrons. The summed E-state index contributed by atoms with van der Waals surface area (Å²) in [5.74, 6) is -1.94. The number of carbonyl (C=O) groups excluding carboxylic acids is 1. The van der Waals surface area contributed by atoms with E-state index in [9.17, 15) is 18.0 Å². The molecule has 1 saturated heterocycles. The van der Waals surface area contributed by atoms with Crippen LogP contribution in [0.1, 0.15) is 33.7 Å². The first-order chi connectivity index (χ1) is 30.3. The molecule has 12 heteroatoms. The van der Waals surface area contributed by atoms with Crippen molar-refractivity contribution in [3.05, 3.63) is 198 Å². The fraction of sp³-hybridized carbons (Fsp3) is 0.240. The van der Waals surface area contributed by atoms with Crippen molar-refractivity contribution in [3.63, 3.8) is 0 Å². The molecule has 0 aromatic heterocycles. The van der Waals surface area contributed by atoms with E-state index in [2.05, 4.69) is 4.99 Å². The lowest BCUT2D eigenvalue weighted by Crippen LogP contribution is -2.62. The van der Waals surface area contributed by atoms with Crippen molar-refractivity contribution < 1.29 is 51.1 Å². The SMILES string of the molecule is O=C(OCC1c2ccccc2-c2ccccc21)O[C@@H]1[C@@H](OC(=Nc2ccccc2)C(F)(F)F)O[C@H](COCc2ccccc2)[C@@H](OCc2ccccc2)[C@@H]1OCc1ccccc1. The molecule has 2 aliphatic rings. The molecule has 6 aromatic carbocycles. The molecule has 0 unspecified atom stereocenters. The van der Waals surface area contributed by atoms with Crippen LogP contribution in [0.5, 0.6) is 0 Å². The van der Waals surface area contributed by atoms with Crippen LogP contribution in [-0.4, -0.2) is 62.1 Å². The van der Waals surface area contributed by atoms with Crippen molar-refractivity contribution >= 4 is 17.7 Å². The first-order valence-corrected chi connectivity index (χ1v) is 20.3. The molecule has 1 heterocycles. The Kier molecular flexibility index (Phi) is 13.7. The Morgan fingerprint density at radius 2 is 1.03 bits per heavy atom. The van der Waals surface area contributed by atoms with Crippen LogP contribution in [0.4, 0.5) is 23.7 Å². The number of carbonyl (C=O) groups is 1. The molecule has 1 aliphatic heterocycles. The van der Waals surface area contributed by atoms with E-state index in [4.69, 9.17) is 33.2 Å². The number of benzene rings is 6. The van der Waals surface area contributed by atoms with Gasteiger partial charge >= 0.3 is 12.3 Å². The van der Waals surface area contributed by atoms with Gasteiger partial charge in [-0.15, -0.1) is 0 Å². The molecular formula is C50H44F3NO8. The van der Waals surface area contributed by atoms with Crippen molar-refractivity contribution in [1.29, 1.82) is 0 Å². The lowest BCUT2D eigenvalue weighted by molar-refractivity contribution is -0.307. The van der Waals surface area contributed by atoms with Crippen LogP contribution in [-0.2, 0) is 53.0 Å². The number of ether oxygens (including phenoxy) is 7. The highest BCUT2D eigenvalue weighted by Crippen LogP contribution is 2.44. The Bertz CT molecular complexity index is 2340. The molecule has 0 saturated carbocycles. The minimum absolute atomic E-state index is 0.0201. The average molecular weight is 844 g/mol. The highest BCUT2D eigenvalue weighted by atomic mass is 19.4. The summed E-state index contributed by atoms with van der Waals surface area (Å²) in [6, 6.07) is 51.1. The van der Waals surface area contributed by atoms with Crippen molar-refractivity contribution in [2.45, 2.75) is 62.6 Å². The average Bonchev–Trinajstić information content (AvgIpc) is 3.62. The Morgan fingerprint density at radius 1 is 0.548 bits per heavy atom. The summed E-state index contributed by atoms with van der Waals surface area (Å²) in [6.07, 6.45) is -13.3. The molecule has 6 aromatic rings. The van der Waals surface area contributed by atoms with Gasteiger partial charge in [0.05, 0.1) is 32.1 Å². The molecule has 8 rings (SSSR count). The molecule has 5 atom stereocenters. The third-order valence-corrected chi connectivity index (χ3v) is 10.6. The Labute approximate surface area is 357 Å². The van der Waals surface area contributed by atoms with Gasteiger partial charge in [0.25, 0.3) is 5.90 Å². The maximum atomic E-state index is 14.9. The summed E-state index contributed by atoms with van der Waals surface area (Å²) in [4.78, 5) is 17.8. The molecule has 1 fully saturated rings. The number of rotatable bonds is 15. The number of alkyl halides is 3. The summed E-state index contributed by atoms with van der Waals surface area (Å²) in [5.41, 5.74) is 6.36. The van der Waals surface area contributed by atoms with Gasteiger partial charge in [0.15, 0.2) is 6.10 Å². The Morgan fingerprint density at radius 3 is 1.58 bits per heavy atom. The number of hydrogen-bond donors (Lipinski definition) is 0. The minimum atomic E-state index is -5.09. The van der Waals surface area contributed by atoms with Crippen LogP contribution in [0, 0.1) is 0 Å². The van der Waals surface area contributed by atoms with Gasteiger partial charge in [-0.3, -0.25) is 0 Å². The van der Waals surface area contributed by atoms with Gasteiger partial charge in [0.2, 0.25) is 6.29 Å². The highest BCUT2D eigenvalue weighted by molar-refractivity contribution is 5.84. The van der Waals surface area contributed by atoms with E-state index in [1.165, 1.54) is 12.1 Å². The maximum absolute atomic E-state index is 14.9. The predicted molar refractivity (Wildman–Crippen MR) is 225 cm³/mol. The molecule has 0 bridgehead atoms. The smallest absolute Gasteiger partial charge is 0.440 e. The zero-order valence-electron chi connectivity index (χ0n) is 33.5. The van der Waals surface area contributed by atoms with Gasteiger partial charge in [-0.1, -0.05) is 158 Å². The van der Waals surface area contributed by atoms with Crippen molar-refractivity contribution in [1.82, 2.24) is 0 Å². The fourth-order valence-corrected chi connectivity index (χ4v) is 7.65. The zero-order valence-corrected chi connectivity index (χ0v) is 33.5. The van der Waals surface area contributed by atoms with Crippen molar-refractivity contribution in [2.75, 3.05) is 13.2 Å². The molecule has 0 spiro atoms. The minimum Gasteiger partial charge on any atom is -0.440 e. The second-order valence-electron chi connectivity index (χ2n) is 14.8. The predicted octanol–water partition coefficient (Wildman–Crippen LogP) is 10.7. The Hall–Kier alpha value is -6.31. The summed E-state index contributed by atoms with van der Waals surface area (Å²) in [6.45, 7) is -0.0868. The van der Waals surface area contributed by atoms with Crippen LogP contribution in [0.15, 0.2) is 175 Å². The fourth-order valence-electron chi connectivity index (χ4n) is 7.65. The Balaban J connectivity index is 1.14. The van der Waals surface area contributed by atoms with E-state index in [0.29, 0.717) is 0 Å². The zero-order chi connectivity index (χ0) is 42.7. The third kappa shape index (κ3) is 10.6. The lowest BCUT2D eigenvalue weighted by atomic mass is 9.97. The lowest BCUT2D eigenvalue weighted by Gasteiger charge is -2.45. The van der Waals surface area contributed by atoms with Crippen LogP contribution in [0.2, 0.25) is 0 Å². The number of halogens is 3. The first kappa shape index (κ1) is 42.4. The third-order valence-electron chi connectivity index (χ3n) is 10.6. The molecule has 0 amide bonds. The highest BCUT2D eigenvalue weighted by Gasteiger charge is 2.53. The van der Waals surface area contributed by atoms with Gasteiger partial charge in [-0.2, -0.15) is 13.2 Å².